The Morgan fingerprint density at radius 1 is 1.20 bits per heavy atom. The molecule has 102 valence electrons. The third-order valence-electron chi connectivity index (χ3n) is 2.83. The van der Waals surface area contributed by atoms with Gasteiger partial charge in [0.2, 0.25) is 5.95 Å². The summed E-state index contributed by atoms with van der Waals surface area (Å²) in [5, 5.41) is 9.26. The molecule has 1 heterocycles. The normalized spacial score (nSPS) is 10.5. The van der Waals surface area contributed by atoms with Crippen LogP contribution in [-0.2, 0) is 6.54 Å². The lowest BCUT2D eigenvalue weighted by atomic mass is 10.0. The Kier molecular flexibility index (Phi) is 3.82. The fourth-order valence-corrected chi connectivity index (χ4v) is 2.03. The van der Waals surface area contributed by atoms with Crippen LogP contribution < -0.4 is 11.5 Å². The predicted octanol–water partition coefficient (Wildman–Crippen LogP) is 1.24. The molecule has 0 atom stereocenters. The monoisotopic (exact) mass is 268 g/mol. The van der Waals surface area contributed by atoms with Crippen LogP contribution in [0.4, 0.5) is 11.8 Å². The molecule has 0 unspecified atom stereocenters. The fraction of sp³-hybridized carbons (Fsp3) is 0.214. The lowest BCUT2D eigenvalue weighted by Crippen LogP contribution is -2.12. The van der Waals surface area contributed by atoms with E-state index in [9.17, 15) is 5.26 Å². The largest absolute Gasteiger partial charge is 0.382 e. The summed E-state index contributed by atoms with van der Waals surface area (Å²) in [5.74, 6) is 0.172. The number of nitriles is 1. The quantitative estimate of drug-likeness (QED) is 0.867. The van der Waals surface area contributed by atoms with Crippen molar-refractivity contribution in [3.63, 3.8) is 0 Å². The van der Waals surface area contributed by atoms with Gasteiger partial charge in [0.1, 0.15) is 17.5 Å². The van der Waals surface area contributed by atoms with Gasteiger partial charge >= 0.3 is 0 Å². The highest BCUT2D eigenvalue weighted by Gasteiger charge is 2.15. The zero-order chi connectivity index (χ0) is 14.7. The van der Waals surface area contributed by atoms with Crippen LogP contribution in [0.2, 0.25) is 0 Å². The van der Waals surface area contributed by atoms with Crippen LogP contribution in [0.1, 0.15) is 11.1 Å². The van der Waals surface area contributed by atoms with Crippen molar-refractivity contribution in [2.75, 3.05) is 25.6 Å². The standard InChI is InChI=1S/C14H16N6/c1-20(2)8-9-5-3-4-6-10(9)12-11(7-15)13(16)19-14(17)18-12/h3-6H,8H2,1-2H3,(H4,16,17,18,19). The molecule has 4 N–H and O–H groups in total. The number of rotatable bonds is 3. The topological polar surface area (TPSA) is 105 Å². The molecule has 0 aliphatic carbocycles. The molecule has 0 amide bonds. The highest BCUT2D eigenvalue weighted by atomic mass is 15.1. The van der Waals surface area contributed by atoms with Gasteiger partial charge in [-0.3, -0.25) is 0 Å². The summed E-state index contributed by atoms with van der Waals surface area (Å²) < 4.78 is 0. The van der Waals surface area contributed by atoms with Crippen molar-refractivity contribution >= 4 is 11.8 Å². The van der Waals surface area contributed by atoms with Crippen molar-refractivity contribution in [2.24, 2.45) is 0 Å². The van der Waals surface area contributed by atoms with Gasteiger partial charge in [0.05, 0.1) is 5.69 Å². The summed E-state index contributed by atoms with van der Waals surface area (Å²) in [5.41, 5.74) is 14.0. The smallest absolute Gasteiger partial charge is 0.222 e. The highest BCUT2D eigenvalue weighted by Crippen LogP contribution is 2.28. The summed E-state index contributed by atoms with van der Waals surface area (Å²) in [4.78, 5) is 10.1. The van der Waals surface area contributed by atoms with E-state index in [2.05, 4.69) is 16.0 Å². The summed E-state index contributed by atoms with van der Waals surface area (Å²) in [6.45, 7) is 0.727. The van der Waals surface area contributed by atoms with Gasteiger partial charge in [0.15, 0.2) is 0 Å². The van der Waals surface area contributed by atoms with Gasteiger partial charge in [-0.1, -0.05) is 24.3 Å². The number of hydrogen-bond donors (Lipinski definition) is 2. The third kappa shape index (κ3) is 2.68. The van der Waals surface area contributed by atoms with Crippen LogP contribution in [0.3, 0.4) is 0 Å². The number of nitrogen functional groups attached to an aromatic ring is 2. The molecule has 0 saturated carbocycles. The van der Waals surface area contributed by atoms with Gasteiger partial charge < -0.3 is 16.4 Å². The highest BCUT2D eigenvalue weighted by molar-refractivity contribution is 5.75. The second kappa shape index (κ2) is 5.55. The molecule has 6 nitrogen and oxygen atoms in total. The Morgan fingerprint density at radius 3 is 2.55 bits per heavy atom. The Bertz CT molecular complexity index is 672. The minimum absolute atomic E-state index is 0.0659. The number of benzene rings is 1. The lowest BCUT2D eigenvalue weighted by Gasteiger charge is -2.15. The average molecular weight is 268 g/mol. The molecule has 0 bridgehead atoms. The molecular weight excluding hydrogens is 252 g/mol. The minimum Gasteiger partial charge on any atom is -0.382 e. The van der Waals surface area contributed by atoms with Gasteiger partial charge in [0.25, 0.3) is 0 Å². The van der Waals surface area contributed by atoms with E-state index in [0.717, 1.165) is 17.7 Å². The van der Waals surface area contributed by atoms with Gasteiger partial charge in [-0.2, -0.15) is 10.2 Å². The van der Waals surface area contributed by atoms with E-state index in [4.69, 9.17) is 11.5 Å². The summed E-state index contributed by atoms with van der Waals surface area (Å²) in [7, 11) is 3.95. The maximum absolute atomic E-state index is 9.26. The Balaban J connectivity index is 2.66. The molecule has 0 radical (unpaired) electrons. The number of nitrogens with two attached hydrogens (primary N) is 2. The van der Waals surface area contributed by atoms with Crippen molar-refractivity contribution in [2.45, 2.75) is 6.54 Å². The fourth-order valence-electron chi connectivity index (χ4n) is 2.03. The first-order chi connectivity index (χ1) is 9.52. The Morgan fingerprint density at radius 2 is 1.90 bits per heavy atom. The molecule has 2 aromatic rings. The van der Waals surface area contributed by atoms with Gasteiger partial charge in [-0.25, -0.2) is 4.98 Å². The van der Waals surface area contributed by atoms with Gasteiger partial charge in [0, 0.05) is 12.1 Å². The molecule has 0 aliphatic rings. The molecule has 0 aliphatic heterocycles. The maximum atomic E-state index is 9.26. The van der Waals surface area contributed by atoms with E-state index in [1.165, 1.54) is 0 Å². The average Bonchev–Trinajstić information content (AvgIpc) is 2.38. The summed E-state index contributed by atoms with van der Waals surface area (Å²) in [6.07, 6.45) is 0. The number of hydrogen-bond acceptors (Lipinski definition) is 6. The number of aromatic nitrogens is 2. The van der Waals surface area contributed by atoms with Gasteiger partial charge in [-0.15, -0.1) is 0 Å². The van der Waals surface area contributed by atoms with Crippen molar-refractivity contribution in [1.82, 2.24) is 14.9 Å². The second-order valence-corrected chi connectivity index (χ2v) is 4.70. The first-order valence-electron chi connectivity index (χ1n) is 6.09. The molecule has 6 heteroatoms. The summed E-state index contributed by atoms with van der Waals surface area (Å²) >= 11 is 0. The molecule has 1 aromatic carbocycles. The van der Waals surface area contributed by atoms with E-state index in [0.29, 0.717) is 5.69 Å². The lowest BCUT2D eigenvalue weighted by molar-refractivity contribution is 0.403. The number of anilines is 2. The van der Waals surface area contributed by atoms with E-state index in [1.807, 2.05) is 43.3 Å². The van der Waals surface area contributed by atoms with Crippen LogP contribution in [0.5, 0.6) is 0 Å². The molecule has 0 saturated heterocycles. The third-order valence-corrected chi connectivity index (χ3v) is 2.83. The predicted molar refractivity (Wildman–Crippen MR) is 78.4 cm³/mol. The van der Waals surface area contributed by atoms with Crippen molar-refractivity contribution in [3.8, 4) is 17.3 Å². The molecule has 2 rings (SSSR count). The Labute approximate surface area is 117 Å². The van der Waals surface area contributed by atoms with E-state index in [1.54, 1.807) is 0 Å². The molecule has 0 fully saturated rings. The van der Waals surface area contributed by atoms with Crippen LogP contribution in [0.25, 0.3) is 11.3 Å². The van der Waals surface area contributed by atoms with E-state index in [-0.39, 0.29) is 17.3 Å². The maximum Gasteiger partial charge on any atom is 0.222 e. The van der Waals surface area contributed by atoms with Crippen LogP contribution in [0, 0.1) is 11.3 Å². The van der Waals surface area contributed by atoms with Crippen molar-refractivity contribution in [1.29, 1.82) is 5.26 Å². The summed E-state index contributed by atoms with van der Waals surface area (Å²) in [6, 6.07) is 9.79. The SMILES string of the molecule is CN(C)Cc1ccccc1-c1nc(N)nc(N)c1C#N. The molecular formula is C14H16N6. The zero-order valence-corrected chi connectivity index (χ0v) is 11.5. The number of nitrogens with zero attached hydrogens (tertiary/aromatic N) is 4. The van der Waals surface area contributed by atoms with Crippen molar-refractivity contribution in [3.05, 3.63) is 35.4 Å². The minimum atomic E-state index is 0.0659. The van der Waals surface area contributed by atoms with Crippen LogP contribution >= 0.6 is 0 Å². The van der Waals surface area contributed by atoms with E-state index < -0.39 is 0 Å². The Hall–Kier alpha value is -2.65. The second-order valence-electron chi connectivity index (χ2n) is 4.70. The first kappa shape index (κ1) is 13.8. The van der Waals surface area contributed by atoms with Crippen molar-refractivity contribution < 1.29 is 0 Å². The first-order valence-corrected chi connectivity index (χ1v) is 6.09. The molecule has 1 aromatic heterocycles. The molecule has 0 spiro atoms. The zero-order valence-electron chi connectivity index (χ0n) is 11.5. The van der Waals surface area contributed by atoms with Gasteiger partial charge in [-0.05, 0) is 19.7 Å². The molecule has 20 heavy (non-hydrogen) atoms. The van der Waals surface area contributed by atoms with Crippen LogP contribution in [-0.4, -0.2) is 29.0 Å². The van der Waals surface area contributed by atoms with Crippen LogP contribution in [0.15, 0.2) is 24.3 Å². The van der Waals surface area contributed by atoms with E-state index >= 15 is 0 Å².